The summed E-state index contributed by atoms with van der Waals surface area (Å²) in [4.78, 5) is 44.9. The maximum absolute atomic E-state index is 14.0. The van der Waals surface area contributed by atoms with Crippen molar-refractivity contribution in [2.45, 2.75) is 38.3 Å². The predicted molar refractivity (Wildman–Crippen MR) is 125 cm³/mol. The van der Waals surface area contributed by atoms with Gasteiger partial charge in [0, 0.05) is 21.1 Å². The summed E-state index contributed by atoms with van der Waals surface area (Å²) in [6, 6.07) is 9.06. The van der Waals surface area contributed by atoms with E-state index in [2.05, 4.69) is 26.1 Å². The summed E-state index contributed by atoms with van der Waals surface area (Å²) in [7, 11) is 0. The highest BCUT2D eigenvalue weighted by molar-refractivity contribution is 9.10. The van der Waals surface area contributed by atoms with Crippen LogP contribution in [0.4, 0.5) is 11.4 Å². The van der Waals surface area contributed by atoms with Gasteiger partial charge in [-0.3, -0.25) is 19.3 Å². The van der Waals surface area contributed by atoms with E-state index in [-0.39, 0.29) is 23.8 Å². The summed E-state index contributed by atoms with van der Waals surface area (Å²) in [5.41, 5.74) is 2.58. The minimum Gasteiger partial charge on any atom is -0.324 e. The number of imide groups is 1. The van der Waals surface area contributed by atoms with Gasteiger partial charge in [-0.15, -0.1) is 0 Å². The van der Waals surface area contributed by atoms with E-state index < -0.39 is 17.4 Å². The topological polar surface area (TPSA) is 69.7 Å². The number of nitrogens with zero attached hydrogens (tertiary/aromatic N) is 2. The highest BCUT2D eigenvalue weighted by atomic mass is 79.9. The van der Waals surface area contributed by atoms with Crippen molar-refractivity contribution in [3.8, 4) is 0 Å². The third kappa shape index (κ3) is 2.27. The third-order valence-corrected chi connectivity index (χ3v) is 8.75. The molecule has 4 aliphatic heterocycles. The van der Waals surface area contributed by atoms with E-state index in [1.807, 2.05) is 32.0 Å². The van der Waals surface area contributed by atoms with E-state index in [1.165, 1.54) is 4.90 Å². The van der Waals surface area contributed by atoms with Crippen LogP contribution in [0.25, 0.3) is 0 Å². The van der Waals surface area contributed by atoms with Crippen LogP contribution in [0.3, 0.4) is 0 Å². The normalized spacial score (nSPS) is 30.8. The molecule has 0 unspecified atom stereocenters. The average Bonchev–Trinajstić information content (AvgIpc) is 3.45. The highest BCUT2D eigenvalue weighted by Gasteiger charge is 2.74. The molecule has 6 rings (SSSR count). The Morgan fingerprint density at radius 3 is 2.66 bits per heavy atom. The van der Waals surface area contributed by atoms with E-state index in [0.29, 0.717) is 27.4 Å². The highest BCUT2D eigenvalue weighted by Crippen LogP contribution is 2.61. The maximum atomic E-state index is 14.0. The van der Waals surface area contributed by atoms with Crippen molar-refractivity contribution in [2.75, 3.05) is 16.8 Å². The van der Waals surface area contributed by atoms with E-state index in [1.54, 1.807) is 12.1 Å². The first-order valence-electron chi connectivity index (χ1n) is 10.8. The molecule has 32 heavy (non-hydrogen) atoms. The zero-order valence-corrected chi connectivity index (χ0v) is 20.0. The van der Waals surface area contributed by atoms with Gasteiger partial charge in [-0.2, -0.15) is 0 Å². The van der Waals surface area contributed by atoms with E-state index in [4.69, 9.17) is 11.6 Å². The molecule has 0 radical (unpaired) electrons. The molecule has 6 nitrogen and oxygen atoms in total. The fourth-order valence-corrected chi connectivity index (χ4v) is 7.25. The lowest BCUT2D eigenvalue weighted by atomic mass is 9.75. The first-order valence-corrected chi connectivity index (χ1v) is 12.0. The standard InChI is InChI=1S/C24H21BrClN3O3/c1-11-5-8-16(14(25)10-11)29-21(30)18-17-4-3-9-28(17)24(19(18)22(29)31)13-6-7-15(26)12(2)20(13)27-23(24)32/h5-8,10,17-19H,3-4,9H2,1-2H3,(H,27,32)/t17-,18+,19-,24-/m0/s1. The quantitative estimate of drug-likeness (QED) is 0.581. The fourth-order valence-electron chi connectivity index (χ4n) is 6.42. The number of aryl methyl sites for hydroxylation is 1. The van der Waals surface area contributed by atoms with Crippen molar-refractivity contribution >= 4 is 56.6 Å². The molecule has 0 bridgehead atoms. The van der Waals surface area contributed by atoms with Crippen LogP contribution in [-0.2, 0) is 19.9 Å². The van der Waals surface area contributed by atoms with E-state index in [9.17, 15) is 14.4 Å². The van der Waals surface area contributed by atoms with Crippen molar-refractivity contribution in [1.82, 2.24) is 4.90 Å². The van der Waals surface area contributed by atoms with Gasteiger partial charge in [-0.05, 0) is 78.5 Å². The number of anilines is 2. The number of fused-ring (bicyclic) bond motifs is 7. The summed E-state index contributed by atoms with van der Waals surface area (Å²) in [6.07, 6.45) is 1.68. The monoisotopic (exact) mass is 513 g/mol. The molecule has 2 aromatic carbocycles. The largest absolute Gasteiger partial charge is 0.324 e. The zero-order chi connectivity index (χ0) is 22.5. The molecule has 0 aliphatic carbocycles. The van der Waals surface area contributed by atoms with E-state index in [0.717, 1.165) is 29.5 Å². The van der Waals surface area contributed by atoms with Gasteiger partial charge >= 0.3 is 0 Å². The molecule has 2 aromatic rings. The molecule has 8 heteroatoms. The molecule has 4 heterocycles. The molecule has 3 amide bonds. The summed E-state index contributed by atoms with van der Waals surface area (Å²) < 4.78 is 0.690. The van der Waals surface area contributed by atoms with Crippen LogP contribution >= 0.6 is 27.5 Å². The Balaban J connectivity index is 1.57. The van der Waals surface area contributed by atoms with Crippen molar-refractivity contribution in [1.29, 1.82) is 0 Å². The van der Waals surface area contributed by atoms with Gasteiger partial charge < -0.3 is 5.32 Å². The van der Waals surface area contributed by atoms with E-state index >= 15 is 0 Å². The van der Waals surface area contributed by atoms with Gasteiger partial charge in [-0.1, -0.05) is 23.7 Å². The molecule has 0 aromatic heterocycles. The number of hydrogen-bond acceptors (Lipinski definition) is 4. The fraction of sp³-hybridized carbons (Fsp3) is 0.375. The molecule has 4 atom stereocenters. The van der Waals surface area contributed by atoms with Crippen molar-refractivity contribution in [3.05, 3.63) is 56.5 Å². The summed E-state index contributed by atoms with van der Waals surface area (Å²) >= 11 is 9.87. The number of hydrogen-bond donors (Lipinski definition) is 1. The first kappa shape index (κ1) is 20.4. The van der Waals surface area contributed by atoms with Crippen LogP contribution in [0, 0.1) is 25.7 Å². The molecular weight excluding hydrogens is 494 g/mol. The van der Waals surface area contributed by atoms with Crippen LogP contribution < -0.4 is 10.2 Å². The number of carbonyl (C=O) groups excluding carboxylic acids is 3. The Labute approximate surface area is 199 Å². The molecule has 4 aliphatic rings. The summed E-state index contributed by atoms with van der Waals surface area (Å²) in [5, 5.41) is 3.58. The second kappa shape index (κ2) is 6.65. The lowest BCUT2D eigenvalue weighted by Gasteiger charge is -2.36. The molecule has 3 saturated heterocycles. The number of halogens is 2. The van der Waals surface area contributed by atoms with Crippen LogP contribution in [0.2, 0.25) is 5.02 Å². The van der Waals surface area contributed by atoms with Gasteiger partial charge in [-0.25, -0.2) is 4.90 Å². The third-order valence-electron chi connectivity index (χ3n) is 7.71. The second-order valence-electron chi connectivity index (χ2n) is 9.19. The molecule has 0 saturated carbocycles. The number of nitrogens with one attached hydrogen (secondary N) is 1. The van der Waals surface area contributed by atoms with Crippen LogP contribution in [0.1, 0.15) is 29.5 Å². The van der Waals surface area contributed by atoms with Crippen molar-refractivity contribution in [3.63, 3.8) is 0 Å². The van der Waals surface area contributed by atoms with Crippen LogP contribution in [0.5, 0.6) is 0 Å². The molecular formula is C24H21BrClN3O3. The molecule has 1 spiro atoms. The summed E-state index contributed by atoms with van der Waals surface area (Å²) in [5.74, 6) is -2.08. The van der Waals surface area contributed by atoms with Crippen molar-refractivity contribution < 1.29 is 14.4 Å². The number of benzene rings is 2. The first-order chi connectivity index (χ1) is 15.3. The Bertz CT molecular complexity index is 1250. The molecule has 3 fully saturated rings. The van der Waals surface area contributed by atoms with Gasteiger partial charge in [0.1, 0.15) is 5.54 Å². The maximum Gasteiger partial charge on any atom is 0.250 e. The minimum absolute atomic E-state index is 0.140. The van der Waals surface area contributed by atoms with Crippen LogP contribution in [-0.4, -0.2) is 35.2 Å². The SMILES string of the molecule is Cc1ccc(N2C(=O)[C@H]3[C@@H](C2=O)[C@@]2(C(=O)Nc4c2ccc(Cl)c4C)N2CCC[C@@H]32)c(Br)c1. The molecule has 164 valence electrons. The van der Waals surface area contributed by atoms with Gasteiger partial charge in [0.15, 0.2) is 0 Å². The second-order valence-corrected chi connectivity index (χ2v) is 10.5. The lowest BCUT2D eigenvalue weighted by molar-refractivity contribution is -0.135. The van der Waals surface area contributed by atoms with Gasteiger partial charge in [0.25, 0.3) is 0 Å². The number of amides is 3. The minimum atomic E-state index is -1.19. The Morgan fingerprint density at radius 1 is 1.12 bits per heavy atom. The Hall–Kier alpha value is -2.22. The van der Waals surface area contributed by atoms with Gasteiger partial charge in [0.05, 0.1) is 23.2 Å². The summed E-state index contributed by atoms with van der Waals surface area (Å²) in [6.45, 7) is 4.50. The smallest absolute Gasteiger partial charge is 0.250 e. The van der Waals surface area contributed by atoms with Gasteiger partial charge in [0.2, 0.25) is 17.7 Å². The average molecular weight is 515 g/mol. The Kier molecular flexibility index (Phi) is 4.24. The number of rotatable bonds is 1. The zero-order valence-electron chi connectivity index (χ0n) is 17.6. The Morgan fingerprint density at radius 2 is 1.91 bits per heavy atom. The number of carbonyl (C=O) groups is 3. The lowest BCUT2D eigenvalue weighted by Crippen LogP contribution is -2.54. The van der Waals surface area contributed by atoms with Crippen molar-refractivity contribution in [2.24, 2.45) is 11.8 Å². The van der Waals surface area contributed by atoms with Crippen LogP contribution in [0.15, 0.2) is 34.8 Å². The molecule has 1 N–H and O–H groups in total. The predicted octanol–water partition coefficient (Wildman–Crippen LogP) is 4.15.